The monoisotopic (exact) mass is 346 g/mol. The molecule has 1 aromatic heterocycles. The summed E-state index contributed by atoms with van der Waals surface area (Å²) in [5, 5.41) is 8.84. The van der Waals surface area contributed by atoms with Crippen LogP contribution in [0.15, 0.2) is 24.3 Å². The van der Waals surface area contributed by atoms with Gasteiger partial charge in [-0.3, -0.25) is 14.8 Å². The van der Waals surface area contributed by atoms with E-state index in [2.05, 4.69) is 0 Å². The predicted octanol–water partition coefficient (Wildman–Crippen LogP) is 2.38. The van der Waals surface area contributed by atoms with Crippen LogP contribution < -0.4 is 10.2 Å². The quantitative estimate of drug-likeness (QED) is 0.661. The number of rotatable bonds is 3. The SMILES string of the molecule is COc1ccc(C(=O)N2CCc3sc(C(=O)NO)c(C)c3C2)cc1. The predicted molar refractivity (Wildman–Crippen MR) is 89.7 cm³/mol. The zero-order valence-electron chi connectivity index (χ0n) is 13.5. The number of fused-ring (bicyclic) bond motifs is 1. The zero-order valence-corrected chi connectivity index (χ0v) is 14.3. The smallest absolute Gasteiger partial charge is 0.284 e. The number of ether oxygens (including phenoxy) is 1. The maximum absolute atomic E-state index is 12.7. The molecule has 3 rings (SSSR count). The Morgan fingerprint density at radius 3 is 2.62 bits per heavy atom. The van der Waals surface area contributed by atoms with Crippen LogP contribution in [-0.2, 0) is 13.0 Å². The van der Waals surface area contributed by atoms with E-state index in [4.69, 9.17) is 9.94 Å². The third-order valence-electron chi connectivity index (χ3n) is 4.24. The van der Waals surface area contributed by atoms with Crippen LogP contribution in [0.3, 0.4) is 0 Å². The van der Waals surface area contributed by atoms with Crippen LogP contribution in [0, 0.1) is 6.92 Å². The number of nitrogens with zero attached hydrogens (tertiary/aromatic N) is 1. The van der Waals surface area contributed by atoms with E-state index < -0.39 is 5.91 Å². The van der Waals surface area contributed by atoms with Gasteiger partial charge in [0.05, 0.1) is 12.0 Å². The van der Waals surface area contributed by atoms with Crippen molar-refractivity contribution in [2.24, 2.45) is 0 Å². The van der Waals surface area contributed by atoms with Gasteiger partial charge in [0, 0.05) is 23.5 Å². The van der Waals surface area contributed by atoms with E-state index in [1.807, 2.05) is 6.92 Å². The van der Waals surface area contributed by atoms with Crippen LogP contribution >= 0.6 is 11.3 Å². The van der Waals surface area contributed by atoms with Crippen LogP contribution in [0.1, 0.15) is 36.0 Å². The Bertz CT molecular complexity index is 783. The molecule has 0 saturated heterocycles. The number of carbonyl (C=O) groups excluding carboxylic acids is 2. The number of thiophene rings is 1. The molecule has 0 saturated carbocycles. The highest BCUT2D eigenvalue weighted by Gasteiger charge is 2.27. The zero-order chi connectivity index (χ0) is 17.3. The van der Waals surface area contributed by atoms with E-state index in [-0.39, 0.29) is 5.91 Å². The molecule has 0 spiro atoms. The Morgan fingerprint density at radius 2 is 2.00 bits per heavy atom. The van der Waals surface area contributed by atoms with Gasteiger partial charge in [-0.05, 0) is 48.7 Å². The van der Waals surface area contributed by atoms with E-state index in [9.17, 15) is 9.59 Å². The second-order valence-corrected chi connectivity index (χ2v) is 6.71. The van der Waals surface area contributed by atoms with Crippen molar-refractivity contribution >= 4 is 23.2 Å². The van der Waals surface area contributed by atoms with Crippen LogP contribution in [0.2, 0.25) is 0 Å². The van der Waals surface area contributed by atoms with Gasteiger partial charge in [-0.15, -0.1) is 11.3 Å². The molecule has 0 radical (unpaired) electrons. The number of amides is 2. The second-order valence-electron chi connectivity index (χ2n) is 5.60. The Labute approximate surface area is 143 Å². The minimum absolute atomic E-state index is 0.0398. The number of benzene rings is 1. The average Bonchev–Trinajstić information content (AvgIpc) is 2.96. The first kappa shape index (κ1) is 16.5. The highest BCUT2D eigenvalue weighted by atomic mass is 32.1. The molecule has 126 valence electrons. The molecule has 0 atom stereocenters. The Kier molecular flexibility index (Phi) is 4.55. The molecule has 2 aromatic rings. The Hall–Kier alpha value is -2.38. The highest BCUT2D eigenvalue weighted by molar-refractivity contribution is 7.14. The maximum Gasteiger partial charge on any atom is 0.284 e. The number of methoxy groups -OCH3 is 1. The van der Waals surface area contributed by atoms with Crippen molar-refractivity contribution in [1.82, 2.24) is 10.4 Å². The normalized spacial score (nSPS) is 13.4. The van der Waals surface area contributed by atoms with Crippen LogP contribution in [-0.4, -0.2) is 35.6 Å². The van der Waals surface area contributed by atoms with Gasteiger partial charge in [-0.1, -0.05) is 0 Å². The van der Waals surface area contributed by atoms with Crippen LogP contribution in [0.5, 0.6) is 5.75 Å². The number of hydrogen-bond donors (Lipinski definition) is 2. The van der Waals surface area contributed by atoms with E-state index in [0.717, 1.165) is 16.0 Å². The summed E-state index contributed by atoms with van der Waals surface area (Å²) < 4.78 is 5.11. The molecule has 0 bridgehead atoms. The van der Waals surface area contributed by atoms with E-state index in [0.29, 0.717) is 35.7 Å². The fraction of sp³-hybridized carbons (Fsp3) is 0.294. The largest absolute Gasteiger partial charge is 0.497 e. The third kappa shape index (κ3) is 2.88. The lowest BCUT2D eigenvalue weighted by atomic mass is 10.0. The standard InChI is InChI=1S/C17H18N2O4S/c1-10-13-9-19(8-7-14(13)24-15(10)16(20)18-22)17(21)11-3-5-12(23-2)6-4-11/h3-6,22H,7-9H2,1-2H3,(H,18,20). The number of carbonyl (C=O) groups is 2. The lowest BCUT2D eigenvalue weighted by molar-refractivity contribution is 0.0710. The summed E-state index contributed by atoms with van der Waals surface area (Å²) in [7, 11) is 1.59. The topological polar surface area (TPSA) is 78.9 Å². The van der Waals surface area contributed by atoms with Gasteiger partial charge in [0.15, 0.2) is 0 Å². The number of hydrogen-bond acceptors (Lipinski definition) is 5. The van der Waals surface area contributed by atoms with Crippen LogP contribution in [0.25, 0.3) is 0 Å². The van der Waals surface area contributed by atoms with Gasteiger partial charge in [-0.25, -0.2) is 5.48 Å². The van der Waals surface area contributed by atoms with Gasteiger partial charge in [0.1, 0.15) is 5.75 Å². The highest BCUT2D eigenvalue weighted by Crippen LogP contribution is 2.33. The average molecular weight is 346 g/mol. The molecule has 2 N–H and O–H groups in total. The third-order valence-corrected chi connectivity index (χ3v) is 5.64. The summed E-state index contributed by atoms with van der Waals surface area (Å²) in [5.74, 6) is 0.169. The van der Waals surface area contributed by atoms with Crippen molar-refractivity contribution in [2.75, 3.05) is 13.7 Å². The summed E-state index contributed by atoms with van der Waals surface area (Å²) in [6.07, 6.45) is 0.710. The van der Waals surface area contributed by atoms with Crippen molar-refractivity contribution in [2.45, 2.75) is 19.9 Å². The molecule has 1 aromatic carbocycles. The summed E-state index contributed by atoms with van der Waals surface area (Å²) in [6.45, 7) is 2.93. The van der Waals surface area contributed by atoms with Gasteiger partial charge < -0.3 is 9.64 Å². The molecule has 2 heterocycles. The minimum Gasteiger partial charge on any atom is -0.497 e. The summed E-state index contributed by atoms with van der Waals surface area (Å²) in [5.41, 5.74) is 4.13. The van der Waals surface area contributed by atoms with Gasteiger partial charge in [0.25, 0.3) is 11.8 Å². The molecule has 1 aliphatic rings. The molecule has 2 amide bonds. The summed E-state index contributed by atoms with van der Waals surface area (Å²) in [4.78, 5) is 27.8. The van der Waals surface area contributed by atoms with E-state index in [1.165, 1.54) is 11.3 Å². The number of nitrogens with one attached hydrogen (secondary N) is 1. The number of hydroxylamine groups is 1. The fourth-order valence-corrected chi connectivity index (χ4v) is 4.07. The fourth-order valence-electron chi connectivity index (χ4n) is 2.88. The lowest BCUT2D eigenvalue weighted by Crippen LogP contribution is -2.35. The van der Waals surface area contributed by atoms with E-state index >= 15 is 0 Å². The molecule has 0 aliphatic carbocycles. The maximum atomic E-state index is 12.7. The Morgan fingerprint density at radius 1 is 1.29 bits per heavy atom. The minimum atomic E-state index is -0.500. The molecule has 6 nitrogen and oxygen atoms in total. The summed E-state index contributed by atoms with van der Waals surface area (Å²) >= 11 is 1.38. The molecule has 24 heavy (non-hydrogen) atoms. The first-order valence-corrected chi connectivity index (χ1v) is 8.35. The first-order valence-electron chi connectivity index (χ1n) is 7.54. The second kappa shape index (κ2) is 6.62. The first-order chi connectivity index (χ1) is 11.5. The van der Waals surface area contributed by atoms with E-state index in [1.54, 1.807) is 41.8 Å². The van der Waals surface area contributed by atoms with Gasteiger partial charge in [-0.2, -0.15) is 0 Å². The van der Waals surface area contributed by atoms with Crippen molar-refractivity contribution in [3.63, 3.8) is 0 Å². The summed E-state index contributed by atoms with van der Waals surface area (Å²) in [6, 6.07) is 7.04. The molecule has 0 fully saturated rings. The molecular weight excluding hydrogens is 328 g/mol. The van der Waals surface area contributed by atoms with Gasteiger partial charge in [0.2, 0.25) is 0 Å². The molecule has 1 aliphatic heterocycles. The van der Waals surface area contributed by atoms with Crippen molar-refractivity contribution in [3.05, 3.63) is 50.7 Å². The van der Waals surface area contributed by atoms with Crippen molar-refractivity contribution in [3.8, 4) is 5.75 Å². The van der Waals surface area contributed by atoms with Gasteiger partial charge >= 0.3 is 0 Å². The molecular formula is C17H18N2O4S. The van der Waals surface area contributed by atoms with Crippen molar-refractivity contribution in [1.29, 1.82) is 0 Å². The lowest BCUT2D eigenvalue weighted by Gasteiger charge is -2.27. The molecule has 0 unspecified atom stereocenters. The Balaban J connectivity index is 1.82. The van der Waals surface area contributed by atoms with Crippen LogP contribution in [0.4, 0.5) is 0 Å². The molecule has 7 heteroatoms. The van der Waals surface area contributed by atoms with Crippen molar-refractivity contribution < 1.29 is 19.5 Å².